The van der Waals surface area contributed by atoms with Crippen molar-refractivity contribution in [2.45, 2.75) is 25.3 Å². The molecule has 0 saturated carbocycles. The van der Waals surface area contributed by atoms with Gasteiger partial charge in [0.05, 0.1) is 10.9 Å². The molecule has 1 aromatic heterocycles. The molecular weight excluding hydrogens is 388 g/mol. The molecular formula is C22H21ClN4O2. The second-order valence-corrected chi connectivity index (χ2v) is 7.52. The Hall–Kier alpha value is -3.12. The Morgan fingerprint density at radius 2 is 1.97 bits per heavy atom. The molecule has 0 aliphatic carbocycles. The van der Waals surface area contributed by atoms with Crippen molar-refractivity contribution in [3.8, 4) is 11.1 Å². The van der Waals surface area contributed by atoms with Crippen LogP contribution < -0.4 is 10.6 Å². The van der Waals surface area contributed by atoms with E-state index in [-0.39, 0.29) is 11.8 Å². The van der Waals surface area contributed by atoms with E-state index in [4.69, 9.17) is 11.6 Å². The number of rotatable bonds is 5. The first-order valence-corrected chi connectivity index (χ1v) is 9.84. The van der Waals surface area contributed by atoms with Crippen molar-refractivity contribution in [1.29, 1.82) is 0 Å². The SMILES string of the molecule is Cn1ccc(NCc2ccc(-c3cccc(C4CCC(=O)NC4=O)c3Cl)cc2)n1. The normalized spacial score (nSPS) is 16.6. The summed E-state index contributed by atoms with van der Waals surface area (Å²) in [5.74, 6) is -0.0803. The maximum Gasteiger partial charge on any atom is 0.234 e. The first-order chi connectivity index (χ1) is 14.0. The summed E-state index contributed by atoms with van der Waals surface area (Å²) >= 11 is 6.67. The van der Waals surface area contributed by atoms with Crippen molar-refractivity contribution >= 4 is 29.2 Å². The van der Waals surface area contributed by atoms with Gasteiger partial charge in [-0.15, -0.1) is 0 Å². The largest absolute Gasteiger partial charge is 0.365 e. The zero-order valence-corrected chi connectivity index (χ0v) is 16.7. The number of aromatic nitrogens is 2. The van der Waals surface area contributed by atoms with Crippen molar-refractivity contribution in [2.75, 3.05) is 5.32 Å². The number of carbonyl (C=O) groups is 2. The third-order valence-electron chi connectivity index (χ3n) is 5.10. The van der Waals surface area contributed by atoms with Crippen LogP contribution in [0, 0.1) is 0 Å². The molecule has 1 aliphatic heterocycles. The van der Waals surface area contributed by atoms with Gasteiger partial charge in [0.15, 0.2) is 0 Å². The lowest BCUT2D eigenvalue weighted by Crippen LogP contribution is -2.39. The minimum Gasteiger partial charge on any atom is -0.365 e. The molecule has 1 atom stereocenters. The van der Waals surface area contributed by atoms with E-state index in [0.29, 0.717) is 24.4 Å². The lowest BCUT2D eigenvalue weighted by molar-refractivity contribution is -0.134. The number of benzene rings is 2. The molecule has 2 aromatic carbocycles. The van der Waals surface area contributed by atoms with Crippen molar-refractivity contribution in [3.05, 3.63) is 70.9 Å². The fourth-order valence-electron chi connectivity index (χ4n) is 3.54. The van der Waals surface area contributed by atoms with Gasteiger partial charge < -0.3 is 5.32 Å². The van der Waals surface area contributed by atoms with Crippen LogP contribution in [0.5, 0.6) is 0 Å². The number of aryl methyl sites for hydroxylation is 1. The number of halogens is 1. The second-order valence-electron chi connectivity index (χ2n) is 7.14. The topological polar surface area (TPSA) is 76.0 Å². The molecule has 7 heteroatoms. The van der Waals surface area contributed by atoms with Gasteiger partial charge in [0.1, 0.15) is 5.82 Å². The Kier molecular flexibility index (Phi) is 5.36. The number of carbonyl (C=O) groups excluding carboxylic acids is 2. The summed E-state index contributed by atoms with van der Waals surface area (Å²) in [5.41, 5.74) is 3.73. The van der Waals surface area contributed by atoms with Gasteiger partial charge in [-0.1, -0.05) is 54.1 Å². The van der Waals surface area contributed by atoms with E-state index in [1.807, 2.05) is 61.8 Å². The highest BCUT2D eigenvalue weighted by atomic mass is 35.5. The van der Waals surface area contributed by atoms with Gasteiger partial charge in [0.2, 0.25) is 11.8 Å². The molecule has 1 fully saturated rings. The van der Waals surface area contributed by atoms with Crippen molar-refractivity contribution in [3.63, 3.8) is 0 Å². The molecule has 3 aromatic rings. The molecule has 29 heavy (non-hydrogen) atoms. The number of piperidine rings is 1. The molecule has 1 unspecified atom stereocenters. The van der Waals surface area contributed by atoms with Crippen LogP contribution in [0.4, 0.5) is 5.82 Å². The Morgan fingerprint density at radius 3 is 2.66 bits per heavy atom. The van der Waals surface area contributed by atoms with Crippen LogP contribution in [0.3, 0.4) is 0 Å². The smallest absolute Gasteiger partial charge is 0.234 e. The lowest BCUT2D eigenvalue weighted by Gasteiger charge is -2.23. The van der Waals surface area contributed by atoms with Crippen LogP contribution in [0.15, 0.2) is 54.7 Å². The monoisotopic (exact) mass is 408 g/mol. The average molecular weight is 409 g/mol. The summed E-state index contributed by atoms with van der Waals surface area (Å²) < 4.78 is 1.75. The van der Waals surface area contributed by atoms with E-state index in [2.05, 4.69) is 15.7 Å². The van der Waals surface area contributed by atoms with Crippen molar-refractivity contribution < 1.29 is 9.59 Å². The van der Waals surface area contributed by atoms with Crippen LogP contribution in [-0.4, -0.2) is 21.6 Å². The summed E-state index contributed by atoms with van der Waals surface area (Å²) in [6.07, 6.45) is 2.70. The molecule has 0 radical (unpaired) electrons. The summed E-state index contributed by atoms with van der Waals surface area (Å²) in [5, 5.41) is 10.5. The average Bonchev–Trinajstić information content (AvgIpc) is 3.13. The van der Waals surface area contributed by atoms with E-state index in [9.17, 15) is 9.59 Å². The van der Waals surface area contributed by atoms with Gasteiger partial charge in [0.25, 0.3) is 0 Å². The van der Waals surface area contributed by atoms with Crippen LogP contribution >= 0.6 is 11.6 Å². The summed E-state index contributed by atoms with van der Waals surface area (Å²) in [6, 6.07) is 15.7. The first-order valence-electron chi connectivity index (χ1n) is 9.46. The van der Waals surface area contributed by atoms with Crippen molar-refractivity contribution in [2.24, 2.45) is 7.05 Å². The zero-order chi connectivity index (χ0) is 20.4. The van der Waals surface area contributed by atoms with Gasteiger partial charge >= 0.3 is 0 Å². The highest BCUT2D eigenvalue weighted by molar-refractivity contribution is 6.34. The highest BCUT2D eigenvalue weighted by Gasteiger charge is 2.30. The maximum atomic E-state index is 12.2. The van der Waals surface area contributed by atoms with E-state index in [0.717, 1.165) is 28.1 Å². The minimum atomic E-state index is -0.401. The van der Waals surface area contributed by atoms with E-state index in [1.54, 1.807) is 4.68 Å². The quantitative estimate of drug-likeness (QED) is 0.628. The van der Waals surface area contributed by atoms with Crippen LogP contribution in [0.1, 0.15) is 29.9 Å². The van der Waals surface area contributed by atoms with E-state index in [1.165, 1.54) is 0 Å². The summed E-state index contributed by atoms with van der Waals surface area (Å²) in [4.78, 5) is 23.7. The molecule has 1 aliphatic rings. The first kappa shape index (κ1) is 19.2. The standard InChI is InChI=1S/C22H21ClN4O2/c1-27-12-11-19(26-27)24-13-14-5-7-15(8-6-14)16-3-2-4-17(21(16)23)18-9-10-20(28)25-22(18)29/h2-8,11-12,18H,9-10,13H2,1H3,(H,24,26)(H,25,28,29). The number of amides is 2. The van der Waals surface area contributed by atoms with Crippen LogP contribution in [0.25, 0.3) is 11.1 Å². The molecule has 148 valence electrons. The Morgan fingerprint density at radius 1 is 1.17 bits per heavy atom. The predicted octanol–water partition coefficient (Wildman–Crippen LogP) is 3.87. The number of hydrogen-bond acceptors (Lipinski definition) is 4. The number of imide groups is 1. The second kappa shape index (κ2) is 8.09. The number of nitrogens with one attached hydrogen (secondary N) is 2. The van der Waals surface area contributed by atoms with Crippen molar-refractivity contribution in [1.82, 2.24) is 15.1 Å². The molecule has 4 rings (SSSR count). The van der Waals surface area contributed by atoms with Crippen LogP contribution in [-0.2, 0) is 23.2 Å². The maximum absolute atomic E-state index is 12.2. The third-order valence-corrected chi connectivity index (χ3v) is 5.52. The fraction of sp³-hybridized carbons (Fsp3) is 0.227. The zero-order valence-electron chi connectivity index (χ0n) is 16.0. The fourth-order valence-corrected chi connectivity index (χ4v) is 3.90. The number of hydrogen-bond donors (Lipinski definition) is 2. The molecule has 2 N–H and O–H groups in total. The Balaban J connectivity index is 1.52. The molecule has 0 spiro atoms. The van der Waals surface area contributed by atoms with E-state index >= 15 is 0 Å². The molecule has 1 saturated heterocycles. The molecule has 2 heterocycles. The predicted molar refractivity (Wildman–Crippen MR) is 113 cm³/mol. The minimum absolute atomic E-state index is 0.228. The molecule has 0 bridgehead atoms. The molecule has 2 amide bonds. The number of nitrogens with zero attached hydrogens (tertiary/aromatic N) is 2. The van der Waals surface area contributed by atoms with E-state index < -0.39 is 5.92 Å². The third kappa shape index (κ3) is 4.17. The van der Waals surface area contributed by atoms with Gasteiger partial charge in [-0.25, -0.2) is 0 Å². The lowest BCUT2D eigenvalue weighted by atomic mass is 9.88. The van der Waals surface area contributed by atoms with Crippen LogP contribution in [0.2, 0.25) is 5.02 Å². The van der Waals surface area contributed by atoms with Gasteiger partial charge in [-0.2, -0.15) is 5.10 Å². The summed E-state index contributed by atoms with van der Waals surface area (Å²) in [7, 11) is 1.88. The number of anilines is 1. The highest BCUT2D eigenvalue weighted by Crippen LogP contribution is 2.37. The summed E-state index contributed by atoms with van der Waals surface area (Å²) in [6.45, 7) is 0.668. The van der Waals surface area contributed by atoms with Gasteiger partial charge in [-0.3, -0.25) is 19.6 Å². The van der Waals surface area contributed by atoms with Gasteiger partial charge in [-0.05, 0) is 23.1 Å². The van der Waals surface area contributed by atoms with Gasteiger partial charge in [0, 0.05) is 37.8 Å². The Labute approximate surface area is 173 Å². The Bertz CT molecular complexity index is 1060. The molecule has 6 nitrogen and oxygen atoms in total.